The second-order valence-corrected chi connectivity index (χ2v) is 10.9. The van der Waals surface area contributed by atoms with E-state index in [1.807, 2.05) is 34.6 Å². The summed E-state index contributed by atoms with van der Waals surface area (Å²) >= 11 is 1.25. The minimum Gasteiger partial charge on any atom is -0.378 e. The molecule has 1 fully saturated rings. The van der Waals surface area contributed by atoms with Crippen LogP contribution in [0.4, 0.5) is 4.39 Å². The molecular weight excluding hydrogens is 474 g/mol. The number of H-pyrrole nitrogens is 1. The van der Waals surface area contributed by atoms with Crippen molar-refractivity contribution in [3.8, 4) is 0 Å². The number of aromatic amines is 1. The van der Waals surface area contributed by atoms with E-state index in [1.54, 1.807) is 0 Å². The van der Waals surface area contributed by atoms with E-state index in [1.165, 1.54) is 18.0 Å². The van der Waals surface area contributed by atoms with Crippen LogP contribution in [0, 0.1) is 11.3 Å². The summed E-state index contributed by atoms with van der Waals surface area (Å²) in [5, 5.41) is 0.121. The van der Waals surface area contributed by atoms with Crippen LogP contribution < -0.4 is 11.2 Å². The van der Waals surface area contributed by atoms with Gasteiger partial charge in [0.15, 0.2) is 26.5 Å². The molecule has 1 aromatic rings. The molecule has 0 bridgehead atoms. The van der Waals surface area contributed by atoms with Gasteiger partial charge in [0.05, 0.1) is 25.9 Å². The Balaban J connectivity index is 1.77. The second kappa shape index (κ2) is 13.1. The Morgan fingerprint density at radius 1 is 1.30 bits per heavy atom. The van der Waals surface area contributed by atoms with Gasteiger partial charge in [-0.3, -0.25) is 19.1 Å². The SMILES string of the molecule is CC(C)CC1OC(n2ccc(=O)[nH]c2=O)C(F)C1OPOCCOCCSC(=O)C(C)(C)C. The molecule has 1 aromatic heterocycles. The zero-order chi connectivity index (χ0) is 24.6. The maximum absolute atomic E-state index is 15.2. The molecule has 1 aliphatic heterocycles. The summed E-state index contributed by atoms with van der Waals surface area (Å²) in [6, 6.07) is 1.14. The smallest absolute Gasteiger partial charge is 0.330 e. The van der Waals surface area contributed by atoms with E-state index in [2.05, 4.69) is 4.98 Å². The van der Waals surface area contributed by atoms with Crippen LogP contribution >= 0.6 is 20.8 Å². The van der Waals surface area contributed by atoms with Gasteiger partial charge in [0.25, 0.3) is 5.56 Å². The Morgan fingerprint density at radius 2 is 2.03 bits per heavy atom. The van der Waals surface area contributed by atoms with Gasteiger partial charge in [-0.1, -0.05) is 46.4 Å². The van der Waals surface area contributed by atoms with Gasteiger partial charge in [-0.05, 0) is 12.3 Å². The Bertz CT molecular complexity index is 873. The lowest BCUT2D eigenvalue weighted by atomic mass is 10.00. The number of aromatic nitrogens is 2. The second-order valence-electron chi connectivity index (χ2n) is 9.17. The van der Waals surface area contributed by atoms with Crippen LogP contribution in [0.15, 0.2) is 21.9 Å². The number of nitrogens with one attached hydrogen (secondary N) is 1. The molecule has 0 radical (unpaired) electrons. The molecule has 1 N–H and O–H groups in total. The first-order chi connectivity index (χ1) is 15.5. The zero-order valence-electron chi connectivity index (χ0n) is 19.7. The monoisotopic (exact) mass is 508 g/mol. The van der Waals surface area contributed by atoms with Gasteiger partial charge in [0.2, 0.25) is 0 Å². The summed E-state index contributed by atoms with van der Waals surface area (Å²) in [4.78, 5) is 37.3. The topological polar surface area (TPSA) is 109 Å². The zero-order valence-corrected chi connectivity index (χ0v) is 21.5. The number of hydrogen-bond donors (Lipinski definition) is 1. The molecule has 5 atom stereocenters. The molecule has 2 heterocycles. The van der Waals surface area contributed by atoms with Crippen molar-refractivity contribution in [2.75, 3.05) is 25.6 Å². The lowest BCUT2D eigenvalue weighted by Gasteiger charge is -2.20. The summed E-state index contributed by atoms with van der Waals surface area (Å²) < 4.78 is 38.5. The van der Waals surface area contributed by atoms with E-state index >= 15 is 4.39 Å². The van der Waals surface area contributed by atoms with Crippen LogP contribution in [0.1, 0.15) is 47.3 Å². The molecule has 1 aliphatic rings. The van der Waals surface area contributed by atoms with Crippen molar-refractivity contribution in [1.29, 1.82) is 0 Å². The molecule has 5 unspecified atom stereocenters. The van der Waals surface area contributed by atoms with Gasteiger partial charge in [-0.15, -0.1) is 0 Å². The van der Waals surface area contributed by atoms with Crippen LogP contribution in [0.5, 0.6) is 0 Å². The molecule has 2 rings (SSSR count). The highest BCUT2D eigenvalue weighted by Crippen LogP contribution is 2.38. The first-order valence-corrected chi connectivity index (χ1v) is 12.7. The van der Waals surface area contributed by atoms with Gasteiger partial charge >= 0.3 is 5.69 Å². The molecule has 12 heteroatoms. The average molecular weight is 509 g/mol. The highest BCUT2D eigenvalue weighted by molar-refractivity contribution is 8.13. The minimum absolute atomic E-state index is 0.121. The van der Waals surface area contributed by atoms with E-state index < -0.39 is 44.9 Å². The van der Waals surface area contributed by atoms with Crippen LogP contribution in [0.2, 0.25) is 0 Å². The number of ether oxygens (including phenoxy) is 2. The maximum atomic E-state index is 15.2. The van der Waals surface area contributed by atoms with Crippen molar-refractivity contribution >= 4 is 25.9 Å². The number of hydrogen-bond acceptors (Lipinski definition) is 8. The van der Waals surface area contributed by atoms with Crippen LogP contribution in [-0.2, 0) is 23.3 Å². The molecule has 0 saturated carbocycles. The maximum Gasteiger partial charge on any atom is 0.330 e. The molecule has 188 valence electrons. The molecule has 1 saturated heterocycles. The van der Waals surface area contributed by atoms with Crippen molar-refractivity contribution in [2.24, 2.45) is 11.3 Å². The Labute approximate surface area is 199 Å². The third-order valence-electron chi connectivity index (χ3n) is 4.74. The molecule has 0 amide bonds. The van der Waals surface area contributed by atoms with Crippen molar-refractivity contribution in [2.45, 2.75) is 65.6 Å². The first kappa shape index (κ1) is 28.1. The number of carbonyl (C=O) groups excluding carboxylic acids is 1. The summed E-state index contributed by atoms with van der Waals surface area (Å²) in [6.45, 7) is 10.6. The summed E-state index contributed by atoms with van der Waals surface area (Å²) in [5.74, 6) is 0.792. The summed E-state index contributed by atoms with van der Waals surface area (Å²) in [7, 11) is -0.427. The summed E-state index contributed by atoms with van der Waals surface area (Å²) in [6.07, 6.45) is -2.51. The van der Waals surface area contributed by atoms with Crippen LogP contribution in [0.25, 0.3) is 0 Å². The molecule has 9 nitrogen and oxygen atoms in total. The van der Waals surface area contributed by atoms with Crippen molar-refractivity contribution in [3.05, 3.63) is 33.1 Å². The van der Waals surface area contributed by atoms with E-state index in [-0.39, 0.29) is 23.1 Å². The molecule has 33 heavy (non-hydrogen) atoms. The third-order valence-corrected chi connectivity index (χ3v) is 6.68. The predicted molar refractivity (Wildman–Crippen MR) is 126 cm³/mol. The minimum atomic E-state index is -1.61. The van der Waals surface area contributed by atoms with E-state index in [0.717, 1.165) is 10.6 Å². The number of nitrogens with zero attached hydrogens (tertiary/aromatic N) is 1. The molecule has 0 aromatic carbocycles. The van der Waals surface area contributed by atoms with E-state index in [9.17, 15) is 14.4 Å². The van der Waals surface area contributed by atoms with Gasteiger partial charge in [0, 0.05) is 23.4 Å². The van der Waals surface area contributed by atoms with Crippen LogP contribution in [-0.4, -0.2) is 58.6 Å². The number of carbonyl (C=O) groups is 1. The number of thioether (sulfide) groups is 1. The first-order valence-electron chi connectivity index (χ1n) is 10.9. The van der Waals surface area contributed by atoms with Gasteiger partial charge < -0.3 is 18.5 Å². The third kappa shape index (κ3) is 8.88. The molecule has 0 aliphatic carbocycles. The Morgan fingerprint density at radius 3 is 2.67 bits per heavy atom. The van der Waals surface area contributed by atoms with Crippen LogP contribution in [0.3, 0.4) is 0 Å². The van der Waals surface area contributed by atoms with Crippen molar-refractivity contribution in [1.82, 2.24) is 9.55 Å². The molecular formula is C21H34FN2O7PS. The number of alkyl halides is 1. The van der Waals surface area contributed by atoms with Gasteiger partial charge in [-0.2, -0.15) is 0 Å². The fourth-order valence-corrected chi connectivity index (χ4v) is 4.53. The molecule has 0 spiro atoms. The van der Waals surface area contributed by atoms with E-state index in [0.29, 0.717) is 25.4 Å². The largest absolute Gasteiger partial charge is 0.378 e. The number of rotatable bonds is 12. The predicted octanol–water partition coefficient (Wildman–Crippen LogP) is 3.05. The standard InChI is InChI=1S/C21H34FN2O7PS/c1-13(2)12-14-17(16(22)18(30-14)24-7-6-15(25)23-20(24)27)31-32-29-9-8-28-10-11-33-19(26)21(3,4)5/h6-7,13-14,16-18,32H,8-12H2,1-5H3,(H,23,25,27). The fraction of sp³-hybridized carbons (Fsp3) is 0.762. The summed E-state index contributed by atoms with van der Waals surface area (Å²) in [5.41, 5.74) is -1.67. The lowest BCUT2D eigenvalue weighted by Crippen LogP contribution is -2.36. The van der Waals surface area contributed by atoms with E-state index in [4.69, 9.17) is 18.5 Å². The average Bonchev–Trinajstić information content (AvgIpc) is 3.00. The highest BCUT2D eigenvalue weighted by atomic mass is 32.2. The highest BCUT2D eigenvalue weighted by Gasteiger charge is 2.47. The lowest BCUT2D eigenvalue weighted by molar-refractivity contribution is -0.117. The van der Waals surface area contributed by atoms with Gasteiger partial charge in [-0.25, -0.2) is 9.18 Å². The van der Waals surface area contributed by atoms with Crippen molar-refractivity contribution in [3.63, 3.8) is 0 Å². The normalized spacial score (nSPS) is 23.7. The Hall–Kier alpha value is -1.10. The number of halogens is 1. The quantitative estimate of drug-likeness (QED) is 0.339. The fourth-order valence-electron chi connectivity index (χ4n) is 3.08. The Kier molecular flexibility index (Phi) is 11.2. The van der Waals surface area contributed by atoms with Gasteiger partial charge in [0.1, 0.15) is 6.10 Å². The van der Waals surface area contributed by atoms with Crippen molar-refractivity contribution < 1.29 is 27.7 Å².